The highest BCUT2D eigenvalue weighted by atomic mass is 16.5. The number of nitrogens with two attached hydrogens (primary N) is 1. The Morgan fingerprint density at radius 3 is 2.27 bits per heavy atom. The maximum absolute atomic E-state index is 12.8. The lowest BCUT2D eigenvalue weighted by Crippen LogP contribution is -2.38. The van der Waals surface area contributed by atoms with Crippen molar-refractivity contribution in [3.05, 3.63) is 65.2 Å². The zero-order valence-electron chi connectivity index (χ0n) is 17.6. The normalized spacial score (nSPS) is 14.4. The number of likely N-dealkylation sites (tertiary alicyclic amines) is 1. The zero-order valence-corrected chi connectivity index (χ0v) is 17.6. The SMILES string of the molecule is CCOc1ccc(CCC2CCN(C(=O)c3ccc(CNC(N)=O)cc3)CC2)cc1. The molecule has 1 saturated heterocycles. The summed E-state index contributed by atoms with van der Waals surface area (Å²) in [6, 6.07) is 15.2. The molecule has 0 aromatic heterocycles. The van der Waals surface area contributed by atoms with Crippen LogP contribution in [-0.4, -0.2) is 36.5 Å². The summed E-state index contributed by atoms with van der Waals surface area (Å²) in [6.45, 7) is 4.65. The number of nitrogens with one attached hydrogen (secondary N) is 1. The minimum absolute atomic E-state index is 0.0781. The molecule has 0 saturated carbocycles. The largest absolute Gasteiger partial charge is 0.494 e. The van der Waals surface area contributed by atoms with Crippen molar-refractivity contribution >= 4 is 11.9 Å². The predicted molar refractivity (Wildman–Crippen MR) is 117 cm³/mol. The number of hydrogen-bond acceptors (Lipinski definition) is 3. The maximum Gasteiger partial charge on any atom is 0.312 e. The number of rotatable bonds is 8. The van der Waals surface area contributed by atoms with E-state index in [9.17, 15) is 9.59 Å². The third kappa shape index (κ3) is 6.24. The molecule has 160 valence electrons. The molecule has 1 aliphatic heterocycles. The quantitative estimate of drug-likeness (QED) is 0.697. The van der Waals surface area contributed by atoms with Crippen LogP contribution in [0.1, 0.15) is 47.7 Å². The number of carbonyl (C=O) groups excluding carboxylic acids is 2. The van der Waals surface area contributed by atoms with Crippen molar-refractivity contribution in [3.63, 3.8) is 0 Å². The minimum atomic E-state index is -0.555. The van der Waals surface area contributed by atoms with E-state index in [0.29, 0.717) is 24.6 Å². The molecule has 0 radical (unpaired) electrons. The molecule has 6 nitrogen and oxygen atoms in total. The minimum Gasteiger partial charge on any atom is -0.494 e. The Balaban J connectivity index is 1.43. The highest BCUT2D eigenvalue weighted by Gasteiger charge is 2.23. The molecule has 3 amide bonds. The second-order valence-electron chi connectivity index (χ2n) is 7.77. The fourth-order valence-corrected chi connectivity index (χ4v) is 3.85. The molecule has 30 heavy (non-hydrogen) atoms. The smallest absolute Gasteiger partial charge is 0.312 e. The number of amides is 3. The topological polar surface area (TPSA) is 84.7 Å². The molecule has 1 fully saturated rings. The number of nitrogens with zero attached hydrogens (tertiary/aromatic N) is 1. The second-order valence-corrected chi connectivity index (χ2v) is 7.77. The van der Waals surface area contributed by atoms with Gasteiger partial charge < -0.3 is 20.7 Å². The number of ether oxygens (including phenoxy) is 1. The Kier molecular flexibility index (Phi) is 7.71. The van der Waals surface area contributed by atoms with Crippen LogP contribution in [0.4, 0.5) is 4.79 Å². The summed E-state index contributed by atoms with van der Waals surface area (Å²) >= 11 is 0. The predicted octanol–water partition coefficient (Wildman–Crippen LogP) is 3.74. The Bertz CT molecular complexity index is 826. The van der Waals surface area contributed by atoms with Crippen molar-refractivity contribution in [1.29, 1.82) is 0 Å². The molecule has 0 unspecified atom stereocenters. The van der Waals surface area contributed by atoms with Crippen molar-refractivity contribution < 1.29 is 14.3 Å². The summed E-state index contributed by atoms with van der Waals surface area (Å²) in [6.07, 6.45) is 4.30. The fourth-order valence-electron chi connectivity index (χ4n) is 3.85. The molecule has 0 atom stereocenters. The summed E-state index contributed by atoms with van der Waals surface area (Å²) in [4.78, 5) is 25.5. The molecule has 0 spiro atoms. The molecule has 0 aliphatic carbocycles. The molecule has 3 rings (SSSR count). The van der Waals surface area contributed by atoms with E-state index in [-0.39, 0.29) is 5.91 Å². The molecule has 3 N–H and O–H groups in total. The van der Waals surface area contributed by atoms with Gasteiger partial charge in [0, 0.05) is 25.2 Å². The molecule has 2 aromatic carbocycles. The van der Waals surface area contributed by atoms with Crippen molar-refractivity contribution in [2.75, 3.05) is 19.7 Å². The zero-order chi connectivity index (χ0) is 21.3. The third-order valence-corrected chi connectivity index (χ3v) is 5.64. The molecular weight excluding hydrogens is 378 g/mol. The van der Waals surface area contributed by atoms with Gasteiger partial charge in [0.2, 0.25) is 0 Å². The van der Waals surface area contributed by atoms with E-state index in [2.05, 4.69) is 17.4 Å². The van der Waals surface area contributed by atoms with Gasteiger partial charge in [-0.2, -0.15) is 0 Å². The van der Waals surface area contributed by atoms with Gasteiger partial charge in [-0.05, 0) is 73.9 Å². The Morgan fingerprint density at radius 2 is 1.67 bits per heavy atom. The van der Waals surface area contributed by atoms with Crippen LogP contribution in [0.5, 0.6) is 5.75 Å². The van der Waals surface area contributed by atoms with Gasteiger partial charge in [0.1, 0.15) is 5.75 Å². The molecule has 0 bridgehead atoms. The Labute approximate surface area is 178 Å². The average molecular weight is 410 g/mol. The van der Waals surface area contributed by atoms with E-state index in [1.807, 2.05) is 48.2 Å². The number of benzene rings is 2. The summed E-state index contributed by atoms with van der Waals surface area (Å²) in [5, 5.41) is 2.55. The van der Waals surface area contributed by atoms with Gasteiger partial charge in [0.05, 0.1) is 6.61 Å². The van der Waals surface area contributed by atoms with E-state index in [0.717, 1.165) is 50.1 Å². The standard InChI is InChI=1S/C24H31N3O3/c1-2-30-22-11-7-18(8-12-22)3-4-19-13-15-27(16-14-19)23(28)21-9-5-20(6-10-21)17-26-24(25)29/h5-12,19H,2-4,13-17H2,1H3,(H3,25,26,29). The van der Waals surface area contributed by atoms with Crippen molar-refractivity contribution in [1.82, 2.24) is 10.2 Å². The van der Waals surface area contributed by atoms with Crippen LogP contribution in [0.3, 0.4) is 0 Å². The van der Waals surface area contributed by atoms with Crippen LogP contribution in [0, 0.1) is 5.92 Å². The molecule has 1 aliphatic rings. The van der Waals surface area contributed by atoms with Gasteiger partial charge in [-0.15, -0.1) is 0 Å². The molecule has 2 aromatic rings. The van der Waals surface area contributed by atoms with E-state index < -0.39 is 6.03 Å². The van der Waals surface area contributed by atoms with Gasteiger partial charge in [-0.1, -0.05) is 24.3 Å². The first-order valence-corrected chi connectivity index (χ1v) is 10.7. The number of piperidine rings is 1. The van der Waals surface area contributed by atoms with Gasteiger partial charge in [-0.25, -0.2) is 4.79 Å². The summed E-state index contributed by atoms with van der Waals surface area (Å²) < 4.78 is 5.49. The number of urea groups is 1. The molecular formula is C24H31N3O3. The Morgan fingerprint density at radius 1 is 1.03 bits per heavy atom. The highest BCUT2D eigenvalue weighted by Crippen LogP contribution is 2.24. The van der Waals surface area contributed by atoms with Crippen LogP contribution in [-0.2, 0) is 13.0 Å². The number of carbonyl (C=O) groups is 2. The first kappa shape index (κ1) is 21.7. The van der Waals surface area contributed by atoms with Crippen LogP contribution < -0.4 is 15.8 Å². The van der Waals surface area contributed by atoms with E-state index in [1.165, 1.54) is 5.56 Å². The fraction of sp³-hybridized carbons (Fsp3) is 0.417. The first-order valence-electron chi connectivity index (χ1n) is 10.7. The van der Waals surface area contributed by atoms with Crippen LogP contribution in [0.15, 0.2) is 48.5 Å². The Hall–Kier alpha value is -3.02. The van der Waals surface area contributed by atoms with Crippen LogP contribution in [0.25, 0.3) is 0 Å². The summed E-state index contributed by atoms with van der Waals surface area (Å²) in [7, 11) is 0. The number of hydrogen-bond donors (Lipinski definition) is 2. The highest BCUT2D eigenvalue weighted by molar-refractivity contribution is 5.94. The van der Waals surface area contributed by atoms with Gasteiger partial charge >= 0.3 is 6.03 Å². The number of aryl methyl sites for hydroxylation is 1. The monoisotopic (exact) mass is 409 g/mol. The molecule has 1 heterocycles. The van der Waals surface area contributed by atoms with Gasteiger partial charge in [-0.3, -0.25) is 4.79 Å². The van der Waals surface area contributed by atoms with Crippen LogP contribution in [0.2, 0.25) is 0 Å². The summed E-state index contributed by atoms with van der Waals surface area (Å²) in [5.74, 6) is 1.66. The van der Waals surface area contributed by atoms with E-state index in [4.69, 9.17) is 10.5 Å². The maximum atomic E-state index is 12.8. The van der Waals surface area contributed by atoms with Crippen molar-refractivity contribution in [3.8, 4) is 5.75 Å². The second kappa shape index (κ2) is 10.7. The lowest BCUT2D eigenvalue weighted by atomic mass is 9.90. The van der Waals surface area contributed by atoms with Crippen LogP contribution >= 0.6 is 0 Å². The van der Waals surface area contributed by atoms with Gasteiger partial charge in [0.25, 0.3) is 5.91 Å². The first-order chi connectivity index (χ1) is 14.5. The lowest BCUT2D eigenvalue weighted by molar-refractivity contribution is 0.0687. The van der Waals surface area contributed by atoms with Crippen molar-refractivity contribution in [2.24, 2.45) is 11.7 Å². The average Bonchev–Trinajstić information content (AvgIpc) is 2.78. The van der Waals surface area contributed by atoms with Crippen molar-refractivity contribution in [2.45, 2.75) is 39.2 Å². The van der Waals surface area contributed by atoms with E-state index >= 15 is 0 Å². The summed E-state index contributed by atoms with van der Waals surface area (Å²) in [5.41, 5.74) is 8.02. The van der Waals surface area contributed by atoms with E-state index in [1.54, 1.807) is 0 Å². The lowest BCUT2D eigenvalue weighted by Gasteiger charge is -2.32. The third-order valence-electron chi connectivity index (χ3n) is 5.64. The van der Waals surface area contributed by atoms with Gasteiger partial charge in [0.15, 0.2) is 0 Å². The molecule has 6 heteroatoms. The number of primary amides is 1.